The maximum absolute atomic E-state index is 9.99. The SMILES string of the molecule is Cc1ccc2c(oc3cc(C#N)c(-c4ccc(C5CCCCC5)cc4)cc32)c1-c1cccc[n+]1C. The van der Waals surface area contributed by atoms with E-state index < -0.39 is 0 Å². The molecule has 3 heteroatoms. The van der Waals surface area contributed by atoms with Crippen molar-refractivity contribution in [3.05, 3.63) is 89.6 Å². The minimum Gasteiger partial charge on any atom is -0.455 e. The molecule has 2 heterocycles. The fraction of sp³-hybridized carbons (Fsp3) is 0.250. The van der Waals surface area contributed by atoms with Crippen LogP contribution in [0, 0.1) is 18.3 Å². The minimum absolute atomic E-state index is 0.644. The summed E-state index contributed by atoms with van der Waals surface area (Å²) in [6, 6.07) is 25.9. The van der Waals surface area contributed by atoms with Crippen molar-refractivity contribution in [2.75, 3.05) is 0 Å². The Hall–Kier alpha value is -3.90. The number of rotatable bonds is 3. The summed E-state index contributed by atoms with van der Waals surface area (Å²) in [5.41, 5.74) is 9.11. The van der Waals surface area contributed by atoms with Gasteiger partial charge in [0.25, 0.3) is 0 Å². The zero-order chi connectivity index (χ0) is 23.9. The topological polar surface area (TPSA) is 40.8 Å². The first kappa shape index (κ1) is 21.6. The summed E-state index contributed by atoms with van der Waals surface area (Å²) in [6.07, 6.45) is 8.66. The van der Waals surface area contributed by atoms with Gasteiger partial charge >= 0.3 is 0 Å². The first-order valence-electron chi connectivity index (χ1n) is 12.6. The maximum atomic E-state index is 9.99. The van der Waals surface area contributed by atoms with E-state index in [1.807, 2.05) is 12.1 Å². The first-order valence-corrected chi connectivity index (χ1v) is 12.6. The summed E-state index contributed by atoms with van der Waals surface area (Å²) in [4.78, 5) is 0. The van der Waals surface area contributed by atoms with Crippen LogP contribution in [0.5, 0.6) is 0 Å². The molecule has 172 valence electrons. The highest BCUT2D eigenvalue weighted by atomic mass is 16.3. The van der Waals surface area contributed by atoms with Crippen molar-refractivity contribution in [2.45, 2.75) is 44.9 Å². The quantitative estimate of drug-likeness (QED) is 0.258. The zero-order valence-corrected chi connectivity index (χ0v) is 20.3. The lowest BCUT2D eigenvalue weighted by Crippen LogP contribution is -2.30. The highest BCUT2D eigenvalue weighted by Gasteiger charge is 2.21. The molecule has 2 aromatic heterocycles. The van der Waals surface area contributed by atoms with Crippen LogP contribution in [0.15, 0.2) is 77.3 Å². The van der Waals surface area contributed by atoms with Gasteiger partial charge in [0.15, 0.2) is 6.20 Å². The standard InChI is InChI=1S/C32H29N2O/c1-21-11-16-26-28-19-27(24-14-12-23(13-15-24)22-8-4-3-5-9-22)25(20-33)18-30(28)35-32(26)31(21)29-10-6-7-17-34(29)2/h6-7,10-19,22H,3-5,8-9H2,1-2H3/q+1. The Balaban J connectivity index is 1.51. The number of benzene rings is 3. The minimum atomic E-state index is 0.644. The lowest BCUT2D eigenvalue weighted by Gasteiger charge is -2.22. The molecule has 6 rings (SSSR count). The van der Waals surface area contributed by atoms with Gasteiger partial charge in [-0.25, -0.2) is 4.57 Å². The lowest BCUT2D eigenvalue weighted by atomic mass is 9.83. The van der Waals surface area contributed by atoms with E-state index in [1.165, 1.54) is 37.7 Å². The van der Waals surface area contributed by atoms with Gasteiger partial charge in [-0.15, -0.1) is 0 Å². The Morgan fingerprint density at radius 3 is 2.46 bits per heavy atom. The average molecular weight is 458 g/mol. The maximum Gasteiger partial charge on any atom is 0.216 e. The average Bonchev–Trinajstić information content (AvgIpc) is 3.26. The van der Waals surface area contributed by atoms with E-state index in [-0.39, 0.29) is 0 Å². The number of fused-ring (bicyclic) bond motifs is 3. The Bertz CT molecular complexity index is 1600. The molecule has 0 atom stereocenters. The van der Waals surface area contributed by atoms with Crippen molar-refractivity contribution in [3.63, 3.8) is 0 Å². The molecule has 1 fully saturated rings. The van der Waals surface area contributed by atoms with E-state index in [1.54, 1.807) is 0 Å². The molecule has 1 aliphatic rings. The van der Waals surface area contributed by atoms with E-state index in [0.717, 1.165) is 49.9 Å². The second-order valence-corrected chi connectivity index (χ2v) is 9.90. The van der Waals surface area contributed by atoms with Gasteiger partial charge in [-0.05, 0) is 60.6 Å². The van der Waals surface area contributed by atoms with Crippen LogP contribution in [-0.4, -0.2) is 0 Å². The van der Waals surface area contributed by atoms with Crippen molar-refractivity contribution < 1.29 is 8.98 Å². The third-order valence-electron chi connectivity index (χ3n) is 7.72. The van der Waals surface area contributed by atoms with Crippen LogP contribution >= 0.6 is 0 Å². The van der Waals surface area contributed by atoms with E-state index >= 15 is 0 Å². The molecule has 0 aliphatic heterocycles. The predicted molar refractivity (Wildman–Crippen MR) is 141 cm³/mol. The van der Waals surface area contributed by atoms with Gasteiger partial charge in [-0.3, -0.25) is 0 Å². The molecule has 1 aliphatic carbocycles. The van der Waals surface area contributed by atoms with E-state index in [9.17, 15) is 5.26 Å². The molecule has 5 aromatic rings. The van der Waals surface area contributed by atoms with Crippen LogP contribution in [-0.2, 0) is 7.05 Å². The first-order chi connectivity index (χ1) is 17.1. The van der Waals surface area contributed by atoms with Gasteiger partial charge < -0.3 is 4.42 Å². The number of aromatic nitrogens is 1. The Labute approximate surface area is 206 Å². The largest absolute Gasteiger partial charge is 0.455 e. The van der Waals surface area contributed by atoms with Crippen molar-refractivity contribution in [1.82, 2.24) is 0 Å². The van der Waals surface area contributed by atoms with Crippen LogP contribution in [0.4, 0.5) is 0 Å². The van der Waals surface area contributed by atoms with Crippen molar-refractivity contribution >= 4 is 21.9 Å². The summed E-state index contributed by atoms with van der Waals surface area (Å²) in [7, 11) is 2.05. The monoisotopic (exact) mass is 457 g/mol. The number of nitriles is 1. The molecule has 0 bridgehead atoms. The molecule has 0 radical (unpaired) electrons. The molecule has 0 N–H and O–H groups in total. The molecule has 0 amide bonds. The van der Waals surface area contributed by atoms with Crippen molar-refractivity contribution in [2.24, 2.45) is 7.05 Å². The predicted octanol–water partition coefficient (Wildman–Crippen LogP) is 7.97. The van der Waals surface area contributed by atoms with Crippen molar-refractivity contribution in [1.29, 1.82) is 5.26 Å². The van der Waals surface area contributed by atoms with Crippen LogP contribution in [0.1, 0.15) is 54.7 Å². The summed E-state index contributed by atoms with van der Waals surface area (Å²) in [6.45, 7) is 2.12. The fourth-order valence-electron chi connectivity index (χ4n) is 5.79. The summed E-state index contributed by atoms with van der Waals surface area (Å²) in [5.74, 6) is 0.675. The van der Waals surface area contributed by atoms with Gasteiger partial charge in [0.05, 0.1) is 17.2 Å². The molecule has 3 nitrogen and oxygen atoms in total. The second-order valence-electron chi connectivity index (χ2n) is 9.90. The Morgan fingerprint density at radius 2 is 1.71 bits per heavy atom. The van der Waals surface area contributed by atoms with Gasteiger partial charge in [0.2, 0.25) is 5.69 Å². The Kier molecular flexibility index (Phi) is 5.38. The van der Waals surface area contributed by atoms with Crippen LogP contribution in [0.3, 0.4) is 0 Å². The third-order valence-corrected chi connectivity index (χ3v) is 7.72. The molecule has 3 aromatic carbocycles. The smallest absolute Gasteiger partial charge is 0.216 e. The summed E-state index contributed by atoms with van der Waals surface area (Å²) >= 11 is 0. The molecule has 0 unspecified atom stereocenters. The van der Waals surface area contributed by atoms with Gasteiger partial charge in [-0.1, -0.05) is 55.7 Å². The highest BCUT2D eigenvalue weighted by molar-refractivity contribution is 6.11. The molecular formula is C32H29N2O+. The van der Waals surface area contributed by atoms with Gasteiger partial charge in [0.1, 0.15) is 18.2 Å². The highest BCUT2D eigenvalue weighted by Crippen LogP contribution is 2.40. The number of pyridine rings is 1. The number of nitrogens with zero attached hydrogens (tertiary/aromatic N) is 2. The van der Waals surface area contributed by atoms with Crippen LogP contribution in [0.2, 0.25) is 0 Å². The molecule has 1 saturated carbocycles. The molecular weight excluding hydrogens is 428 g/mol. The number of hydrogen-bond donors (Lipinski definition) is 0. The van der Waals surface area contributed by atoms with Gasteiger partial charge in [0, 0.05) is 28.5 Å². The normalized spacial score (nSPS) is 14.4. The molecule has 35 heavy (non-hydrogen) atoms. The number of furan rings is 1. The van der Waals surface area contributed by atoms with Gasteiger partial charge in [-0.2, -0.15) is 5.26 Å². The summed E-state index contributed by atoms with van der Waals surface area (Å²) in [5, 5.41) is 12.1. The fourth-order valence-corrected chi connectivity index (χ4v) is 5.79. The zero-order valence-electron chi connectivity index (χ0n) is 20.3. The number of hydrogen-bond acceptors (Lipinski definition) is 2. The summed E-state index contributed by atoms with van der Waals surface area (Å²) < 4.78 is 8.56. The molecule has 0 spiro atoms. The van der Waals surface area contributed by atoms with Crippen LogP contribution in [0.25, 0.3) is 44.3 Å². The van der Waals surface area contributed by atoms with E-state index in [2.05, 4.69) is 85.4 Å². The van der Waals surface area contributed by atoms with E-state index in [4.69, 9.17) is 4.42 Å². The van der Waals surface area contributed by atoms with Crippen LogP contribution < -0.4 is 4.57 Å². The second kappa shape index (κ2) is 8.71. The molecule has 0 saturated heterocycles. The Morgan fingerprint density at radius 1 is 0.914 bits per heavy atom. The van der Waals surface area contributed by atoms with E-state index in [0.29, 0.717) is 11.5 Å². The third kappa shape index (κ3) is 3.70. The lowest BCUT2D eigenvalue weighted by molar-refractivity contribution is -0.660. The van der Waals surface area contributed by atoms with Crippen molar-refractivity contribution in [3.8, 4) is 28.5 Å². The number of aryl methyl sites for hydroxylation is 2.